The molecule has 1 N–H and O–H groups in total. The first-order valence-electron chi connectivity index (χ1n) is 7.34. The third-order valence-electron chi connectivity index (χ3n) is 4.42. The van der Waals surface area contributed by atoms with Crippen LogP contribution in [-0.4, -0.2) is 69.1 Å². The van der Waals surface area contributed by atoms with Crippen molar-refractivity contribution in [3.05, 3.63) is 0 Å². The minimum atomic E-state index is -3.14. The molecule has 116 valence electrons. The molecule has 2 heterocycles. The van der Waals surface area contributed by atoms with Crippen molar-refractivity contribution in [3.8, 4) is 0 Å². The quantitative estimate of drug-likeness (QED) is 0.785. The molecule has 0 aromatic rings. The number of nitrogens with zero attached hydrogens (tertiary/aromatic N) is 2. The number of amides is 1. The molecule has 0 aliphatic carbocycles. The van der Waals surface area contributed by atoms with Gasteiger partial charge in [-0.25, -0.2) is 8.42 Å². The summed E-state index contributed by atoms with van der Waals surface area (Å²) in [6.07, 6.45) is 4.03. The molecule has 2 fully saturated rings. The van der Waals surface area contributed by atoms with Crippen LogP contribution in [0.1, 0.15) is 26.2 Å². The Bertz CT molecular complexity index is 449. The molecule has 2 aliphatic heterocycles. The molecule has 1 amide bonds. The average Bonchev–Trinajstić information content (AvgIpc) is 2.87. The maximum absolute atomic E-state index is 12.8. The Labute approximate surface area is 121 Å². The van der Waals surface area contributed by atoms with Crippen LogP contribution in [0.3, 0.4) is 0 Å². The van der Waals surface area contributed by atoms with Gasteiger partial charge in [-0.1, -0.05) is 13.3 Å². The maximum Gasteiger partial charge on any atom is 0.230 e. The van der Waals surface area contributed by atoms with E-state index in [1.807, 2.05) is 4.90 Å². The first-order chi connectivity index (χ1) is 9.39. The predicted octanol–water partition coefficient (Wildman–Crippen LogP) is -0.130. The smallest absolute Gasteiger partial charge is 0.230 e. The second-order valence-corrected chi connectivity index (χ2v) is 7.89. The van der Waals surface area contributed by atoms with Crippen LogP contribution >= 0.6 is 0 Å². The highest BCUT2D eigenvalue weighted by atomic mass is 32.2. The Morgan fingerprint density at radius 3 is 2.35 bits per heavy atom. The minimum absolute atomic E-state index is 0.206. The number of sulfonamides is 1. The molecule has 0 saturated carbocycles. The van der Waals surface area contributed by atoms with Gasteiger partial charge in [-0.05, 0) is 19.4 Å². The van der Waals surface area contributed by atoms with E-state index in [-0.39, 0.29) is 11.3 Å². The summed E-state index contributed by atoms with van der Waals surface area (Å²) in [6.45, 7) is 5.62. The number of hydrogen-bond donors (Lipinski definition) is 1. The Morgan fingerprint density at radius 1 is 1.25 bits per heavy atom. The highest BCUT2D eigenvalue weighted by molar-refractivity contribution is 7.88. The van der Waals surface area contributed by atoms with Gasteiger partial charge in [-0.3, -0.25) is 4.79 Å². The van der Waals surface area contributed by atoms with Crippen LogP contribution in [-0.2, 0) is 14.8 Å². The van der Waals surface area contributed by atoms with Gasteiger partial charge in [0.1, 0.15) is 0 Å². The van der Waals surface area contributed by atoms with Crippen LogP contribution in [0.15, 0.2) is 0 Å². The number of piperazine rings is 1. The van der Waals surface area contributed by atoms with Crippen molar-refractivity contribution in [2.45, 2.75) is 26.2 Å². The first kappa shape index (κ1) is 15.7. The van der Waals surface area contributed by atoms with E-state index in [1.165, 1.54) is 10.6 Å². The summed E-state index contributed by atoms with van der Waals surface area (Å²) < 4.78 is 24.4. The van der Waals surface area contributed by atoms with Gasteiger partial charge in [0.15, 0.2) is 0 Å². The fraction of sp³-hybridized carbons (Fsp3) is 0.923. The lowest BCUT2D eigenvalue weighted by Crippen LogP contribution is -2.54. The van der Waals surface area contributed by atoms with Crippen molar-refractivity contribution in [2.24, 2.45) is 5.41 Å². The molecule has 20 heavy (non-hydrogen) atoms. The van der Waals surface area contributed by atoms with Crippen LogP contribution in [0.2, 0.25) is 0 Å². The van der Waals surface area contributed by atoms with Gasteiger partial charge >= 0.3 is 0 Å². The summed E-state index contributed by atoms with van der Waals surface area (Å²) in [5.41, 5.74) is -0.262. The average molecular weight is 303 g/mol. The zero-order valence-corrected chi connectivity index (χ0v) is 13.2. The van der Waals surface area contributed by atoms with E-state index in [0.717, 1.165) is 32.4 Å². The van der Waals surface area contributed by atoms with Gasteiger partial charge in [0.2, 0.25) is 15.9 Å². The van der Waals surface area contributed by atoms with E-state index >= 15 is 0 Å². The molecule has 6 nitrogen and oxygen atoms in total. The second-order valence-electron chi connectivity index (χ2n) is 5.91. The van der Waals surface area contributed by atoms with E-state index in [1.54, 1.807) is 0 Å². The van der Waals surface area contributed by atoms with Gasteiger partial charge < -0.3 is 10.2 Å². The van der Waals surface area contributed by atoms with Gasteiger partial charge in [0.25, 0.3) is 0 Å². The van der Waals surface area contributed by atoms with Gasteiger partial charge in [0.05, 0.1) is 11.7 Å². The monoisotopic (exact) mass is 303 g/mol. The van der Waals surface area contributed by atoms with E-state index < -0.39 is 10.0 Å². The van der Waals surface area contributed by atoms with E-state index in [9.17, 15) is 13.2 Å². The standard InChI is InChI=1S/C13H25N3O3S/c1-3-4-13(5-6-14-11-13)12(17)15-7-9-16(10-8-15)20(2,18)19/h14H,3-11H2,1-2H3. The molecule has 0 bridgehead atoms. The van der Waals surface area contributed by atoms with Gasteiger partial charge in [-0.2, -0.15) is 4.31 Å². The van der Waals surface area contributed by atoms with Crippen molar-refractivity contribution in [1.29, 1.82) is 0 Å². The summed E-state index contributed by atoms with van der Waals surface area (Å²) >= 11 is 0. The molecule has 0 radical (unpaired) electrons. The number of nitrogens with one attached hydrogen (secondary N) is 1. The molecule has 7 heteroatoms. The van der Waals surface area contributed by atoms with Crippen LogP contribution < -0.4 is 5.32 Å². The first-order valence-corrected chi connectivity index (χ1v) is 9.19. The number of hydrogen-bond acceptors (Lipinski definition) is 4. The van der Waals surface area contributed by atoms with Crippen LogP contribution in [0.4, 0.5) is 0 Å². The summed E-state index contributed by atoms with van der Waals surface area (Å²) in [4.78, 5) is 14.6. The predicted molar refractivity (Wildman–Crippen MR) is 77.8 cm³/mol. The molecule has 1 unspecified atom stereocenters. The SMILES string of the molecule is CCCC1(C(=O)N2CCN(S(C)(=O)=O)CC2)CCNC1. The van der Waals surface area contributed by atoms with Gasteiger partial charge in [0, 0.05) is 32.7 Å². The molecular formula is C13H25N3O3S. The topological polar surface area (TPSA) is 69.7 Å². The molecule has 0 spiro atoms. The van der Waals surface area contributed by atoms with Crippen molar-refractivity contribution >= 4 is 15.9 Å². The molecule has 1 atom stereocenters. The Hall–Kier alpha value is -0.660. The van der Waals surface area contributed by atoms with Crippen molar-refractivity contribution in [3.63, 3.8) is 0 Å². The fourth-order valence-corrected chi connectivity index (χ4v) is 4.11. The lowest BCUT2D eigenvalue weighted by Gasteiger charge is -2.38. The van der Waals surface area contributed by atoms with Crippen molar-refractivity contribution < 1.29 is 13.2 Å². The highest BCUT2D eigenvalue weighted by Gasteiger charge is 2.43. The second kappa shape index (κ2) is 5.99. The highest BCUT2D eigenvalue weighted by Crippen LogP contribution is 2.33. The van der Waals surface area contributed by atoms with E-state index in [0.29, 0.717) is 26.2 Å². The summed E-state index contributed by atoms with van der Waals surface area (Å²) in [5.74, 6) is 0.206. The van der Waals surface area contributed by atoms with Gasteiger partial charge in [-0.15, -0.1) is 0 Å². The van der Waals surface area contributed by atoms with Crippen LogP contribution in [0.25, 0.3) is 0 Å². The third-order valence-corrected chi connectivity index (χ3v) is 5.72. The minimum Gasteiger partial charge on any atom is -0.340 e. The molecule has 2 saturated heterocycles. The number of rotatable bonds is 4. The molecule has 0 aromatic heterocycles. The van der Waals surface area contributed by atoms with Crippen molar-refractivity contribution in [1.82, 2.24) is 14.5 Å². The molecular weight excluding hydrogens is 278 g/mol. The zero-order chi connectivity index (χ0) is 14.8. The van der Waals surface area contributed by atoms with E-state index in [4.69, 9.17) is 0 Å². The molecule has 2 aliphatic rings. The maximum atomic E-state index is 12.8. The largest absolute Gasteiger partial charge is 0.340 e. The van der Waals surface area contributed by atoms with Crippen LogP contribution in [0, 0.1) is 5.41 Å². The molecule has 0 aromatic carbocycles. The summed E-state index contributed by atoms with van der Waals surface area (Å²) in [5, 5.41) is 3.30. The third kappa shape index (κ3) is 3.15. The molecule has 2 rings (SSSR count). The fourth-order valence-electron chi connectivity index (χ4n) is 3.28. The Kier molecular flexibility index (Phi) is 4.71. The summed E-state index contributed by atoms with van der Waals surface area (Å²) in [7, 11) is -3.14. The van der Waals surface area contributed by atoms with Crippen molar-refractivity contribution in [2.75, 3.05) is 45.5 Å². The summed E-state index contributed by atoms with van der Waals surface area (Å²) in [6, 6.07) is 0. The number of carbonyl (C=O) groups is 1. The normalized spacial score (nSPS) is 28.8. The lowest BCUT2D eigenvalue weighted by atomic mass is 9.81. The lowest BCUT2D eigenvalue weighted by molar-refractivity contribution is -0.142. The Balaban J connectivity index is 2.00. The van der Waals surface area contributed by atoms with Crippen LogP contribution in [0.5, 0.6) is 0 Å². The van der Waals surface area contributed by atoms with E-state index in [2.05, 4.69) is 12.2 Å². The number of carbonyl (C=O) groups excluding carboxylic acids is 1. The zero-order valence-electron chi connectivity index (χ0n) is 12.4. The Morgan fingerprint density at radius 2 is 1.90 bits per heavy atom.